The predicted octanol–water partition coefficient (Wildman–Crippen LogP) is 2.58. The Morgan fingerprint density at radius 3 is 2.67 bits per heavy atom. The second-order valence-corrected chi connectivity index (χ2v) is 6.72. The van der Waals surface area contributed by atoms with E-state index in [4.69, 9.17) is 0 Å². The Balaban J connectivity index is 1.35. The Morgan fingerprint density at radius 2 is 1.93 bits per heavy atom. The van der Waals surface area contributed by atoms with Crippen molar-refractivity contribution < 1.29 is 4.79 Å². The SMILES string of the molecule is O=C(Nc1ccc(Cn2cccn2)cc1)C1CCCN(c2ncccn2)C1. The number of carbonyl (C=O) groups is 1. The van der Waals surface area contributed by atoms with Crippen molar-refractivity contribution in [3.63, 3.8) is 0 Å². The summed E-state index contributed by atoms with van der Waals surface area (Å²) in [5.74, 6) is 0.680. The molecule has 1 unspecified atom stereocenters. The number of piperidine rings is 1. The molecule has 1 aliphatic heterocycles. The maximum atomic E-state index is 12.7. The number of nitrogens with one attached hydrogen (secondary N) is 1. The van der Waals surface area contributed by atoms with E-state index in [0.29, 0.717) is 12.5 Å². The van der Waals surface area contributed by atoms with Crippen LogP contribution < -0.4 is 10.2 Å². The molecular formula is C20H22N6O. The maximum absolute atomic E-state index is 12.7. The Bertz CT molecular complexity index is 863. The summed E-state index contributed by atoms with van der Waals surface area (Å²) in [5.41, 5.74) is 1.96. The van der Waals surface area contributed by atoms with Crippen molar-refractivity contribution >= 4 is 17.5 Å². The number of anilines is 2. The molecule has 0 aliphatic carbocycles. The van der Waals surface area contributed by atoms with Crippen molar-refractivity contribution in [2.45, 2.75) is 19.4 Å². The molecule has 2 aromatic heterocycles. The molecular weight excluding hydrogens is 340 g/mol. The Labute approximate surface area is 158 Å². The fraction of sp³-hybridized carbons (Fsp3) is 0.300. The van der Waals surface area contributed by atoms with E-state index in [2.05, 4.69) is 25.3 Å². The van der Waals surface area contributed by atoms with Gasteiger partial charge in [0.2, 0.25) is 11.9 Å². The van der Waals surface area contributed by atoms with Crippen LogP contribution in [0.3, 0.4) is 0 Å². The minimum atomic E-state index is -0.0636. The first-order valence-corrected chi connectivity index (χ1v) is 9.17. The van der Waals surface area contributed by atoms with Crippen LogP contribution in [-0.2, 0) is 11.3 Å². The van der Waals surface area contributed by atoms with E-state index in [1.165, 1.54) is 0 Å². The molecule has 27 heavy (non-hydrogen) atoms. The molecule has 138 valence electrons. The second kappa shape index (κ2) is 7.99. The number of hydrogen-bond acceptors (Lipinski definition) is 5. The van der Waals surface area contributed by atoms with Crippen LogP contribution in [0.2, 0.25) is 0 Å². The summed E-state index contributed by atoms with van der Waals surface area (Å²) >= 11 is 0. The average Bonchev–Trinajstić information content (AvgIpc) is 3.23. The number of benzene rings is 1. The summed E-state index contributed by atoms with van der Waals surface area (Å²) < 4.78 is 1.87. The quantitative estimate of drug-likeness (QED) is 0.755. The molecule has 1 fully saturated rings. The van der Waals surface area contributed by atoms with E-state index in [1.54, 1.807) is 24.7 Å². The summed E-state index contributed by atoms with van der Waals surface area (Å²) in [6.07, 6.45) is 9.00. The zero-order valence-electron chi connectivity index (χ0n) is 15.0. The van der Waals surface area contributed by atoms with Crippen LogP contribution in [-0.4, -0.2) is 38.7 Å². The number of carbonyl (C=O) groups excluding carboxylic acids is 1. The summed E-state index contributed by atoms with van der Waals surface area (Å²) in [6.45, 7) is 2.25. The van der Waals surface area contributed by atoms with E-state index in [9.17, 15) is 4.79 Å². The molecule has 1 aliphatic rings. The van der Waals surface area contributed by atoms with Crippen molar-refractivity contribution in [3.05, 3.63) is 66.7 Å². The van der Waals surface area contributed by atoms with Gasteiger partial charge in [-0.05, 0) is 42.7 Å². The molecule has 1 aromatic carbocycles. The van der Waals surface area contributed by atoms with Gasteiger partial charge in [-0.25, -0.2) is 9.97 Å². The fourth-order valence-corrected chi connectivity index (χ4v) is 3.35. The van der Waals surface area contributed by atoms with Crippen molar-refractivity contribution in [3.8, 4) is 0 Å². The average molecular weight is 362 g/mol. The lowest BCUT2D eigenvalue weighted by atomic mass is 9.97. The number of nitrogens with zero attached hydrogens (tertiary/aromatic N) is 5. The summed E-state index contributed by atoms with van der Waals surface area (Å²) in [6, 6.07) is 11.6. The van der Waals surface area contributed by atoms with Gasteiger partial charge in [0.1, 0.15) is 0 Å². The van der Waals surface area contributed by atoms with E-state index in [1.807, 2.05) is 41.2 Å². The lowest BCUT2D eigenvalue weighted by Gasteiger charge is -2.31. The molecule has 3 heterocycles. The van der Waals surface area contributed by atoms with Gasteiger partial charge < -0.3 is 10.2 Å². The van der Waals surface area contributed by atoms with E-state index >= 15 is 0 Å². The van der Waals surface area contributed by atoms with Gasteiger partial charge in [-0.2, -0.15) is 5.10 Å². The third-order valence-corrected chi connectivity index (χ3v) is 4.75. The largest absolute Gasteiger partial charge is 0.340 e. The highest BCUT2D eigenvalue weighted by atomic mass is 16.1. The first kappa shape index (κ1) is 17.2. The highest BCUT2D eigenvalue weighted by Crippen LogP contribution is 2.21. The van der Waals surface area contributed by atoms with E-state index in [-0.39, 0.29) is 11.8 Å². The number of aromatic nitrogens is 4. The van der Waals surface area contributed by atoms with Gasteiger partial charge in [-0.1, -0.05) is 12.1 Å². The van der Waals surface area contributed by atoms with Crippen LogP contribution in [0.5, 0.6) is 0 Å². The standard InChI is InChI=1S/C20H22N6O/c27-19(17-4-1-12-25(15-17)20-21-9-2-10-22-20)24-18-7-5-16(6-8-18)14-26-13-3-11-23-26/h2-3,5-11,13,17H,1,4,12,14-15H2,(H,24,27). The molecule has 1 saturated heterocycles. The summed E-state index contributed by atoms with van der Waals surface area (Å²) in [4.78, 5) is 23.4. The van der Waals surface area contributed by atoms with Crippen LogP contribution in [0.25, 0.3) is 0 Å². The van der Waals surface area contributed by atoms with Crippen LogP contribution >= 0.6 is 0 Å². The normalized spacial score (nSPS) is 16.9. The molecule has 7 nitrogen and oxygen atoms in total. The Hall–Kier alpha value is -3.22. The molecule has 0 radical (unpaired) electrons. The number of rotatable bonds is 5. The third-order valence-electron chi connectivity index (χ3n) is 4.75. The second-order valence-electron chi connectivity index (χ2n) is 6.72. The van der Waals surface area contributed by atoms with Gasteiger partial charge in [0.15, 0.2) is 0 Å². The lowest BCUT2D eigenvalue weighted by molar-refractivity contribution is -0.120. The molecule has 1 N–H and O–H groups in total. The van der Waals surface area contributed by atoms with Crippen molar-refractivity contribution in [1.29, 1.82) is 0 Å². The van der Waals surface area contributed by atoms with Crippen molar-refractivity contribution in [2.75, 3.05) is 23.3 Å². The lowest BCUT2D eigenvalue weighted by Crippen LogP contribution is -2.41. The van der Waals surface area contributed by atoms with Gasteiger partial charge in [0, 0.05) is 43.6 Å². The maximum Gasteiger partial charge on any atom is 0.229 e. The van der Waals surface area contributed by atoms with E-state index < -0.39 is 0 Å². The third kappa shape index (κ3) is 4.31. The number of hydrogen-bond donors (Lipinski definition) is 1. The van der Waals surface area contributed by atoms with Crippen LogP contribution in [0.4, 0.5) is 11.6 Å². The van der Waals surface area contributed by atoms with Crippen LogP contribution in [0.15, 0.2) is 61.2 Å². The zero-order chi connectivity index (χ0) is 18.5. The highest BCUT2D eigenvalue weighted by molar-refractivity contribution is 5.93. The predicted molar refractivity (Wildman–Crippen MR) is 103 cm³/mol. The van der Waals surface area contributed by atoms with Crippen molar-refractivity contribution in [2.24, 2.45) is 5.92 Å². The minimum Gasteiger partial charge on any atom is -0.340 e. The van der Waals surface area contributed by atoms with Gasteiger partial charge in [0.25, 0.3) is 0 Å². The summed E-state index contributed by atoms with van der Waals surface area (Å²) in [5, 5.41) is 7.25. The molecule has 1 atom stereocenters. The van der Waals surface area contributed by atoms with Gasteiger partial charge in [-0.15, -0.1) is 0 Å². The Morgan fingerprint density at radius 1 is 1.11 bits per heavy atom. The van der Waals surface area contributed by atoms with Gasteiger partial charge in [-0.3, -0.25) is 9.48 Å². The molecule has 1 amide bonds. The molecule has 4 rings (SSSR count). The molecule has 0 bridgehead atoms. The van der Waals surface area contributed by atoms with Crippen LogP contribution in [0.1, 0.15) is 18.4 Å². The highest BCUT2D eigenvalue weighted by Gasteiger charge is 2.27. The minimum absolute atomic E-state index is 0.0513. The first-order chi connectivity index (χ1) is 13.3. The van der Waals surface area contributed by atoms with Gasteiger partial charge >= 0.3 is 0 Å². The first-order valence-electron chi connectivity index (χ1n) is 9.17. The van der Waals surface area contributed by atoms with E-state index in [0.717, 1.165) is 37.2 Å². The monoisotopic (exact) mass is 362 g/mol. The topological polar surface area (TPSA) is 75.9 Å². The van der Waals surface area contributed by atoms with Crippen LogP contribution in [0, 0.1) is 5.92 Å². The number of amides is 1. The van der Waals surface area contributed by atoms with Gasteiger partial charge in [0.05, 0.1) is 12.5 Å². The zero-order valence-corrected chi connectivity index (χ0v) is 15.0. The fourth-order valence-electron chi connectivity index (χ4n) is 3.35. The molecule has 7 heteroatoms. The summed E-state index contributed by atoms with van der Waals surface area (Å²) in [7, 11) is 0. The molecule has 3 aromatic rings. The molecule has 0 spiro atoms. The molecule has 0 saturated carbocycles. The van der Waals surface area contributed by atoms with Crippen molar-refractivity contribution in [1.82, 2.24) is 19.7 Å². The smallest absolute Gasteiger partial charge is 0.229 e. The Kier molecular flexibility index (Phi) is 5.09.